The number of hydrogen-bond acceptors (Lipinski definition) is 9. The number of fused-ring (bicyclic) bond motifs is 1. The van der Waals surface area contributed by atoms with Gasteiger partial charge in [-0.25, -0.2) is 9.97 Å². The summed E-state index contributed by atoms with van der Waals surface area (Å²) in [5.74, 6) is 0.295. The molecule has 2 amide bonds. The summed E-state index contributed by atoms with van der Waals surface area (Å²) < 4.78 is 45.6. The first-order valence-electron chi connectivity index (χ1n) is 16.1. The first-order chi connectivity index (χ1) is 24.1. The lowest BCUT2D eigenvalue weighted by Gasteiger charge is -2.37. The van der Waals surface area contributed by atoms with E-state index in [1.807, 2.05) is 34.1 Å². The summed E-state index contributed by atoms with van der Waals surface area (Å²) >= 11 is 0. The van der Waals surface area contributed by atoms with E-state index in [4.69, 9.17) is 4.74 Å². The average Bonchev–Trinajstić information content (AvgIpc) is 3.76. The van der Waals surface area contributed by atoms with Gasteiger partial charge in [-0.1, -0.05) is 0 Å². The molecular formula is C35H34F3N9O3. The van der Waals surface area contributed by atoms with E-state index in [9.17, 15) is 22.8 Å². The third-order valence-corrected chi connectivity index (χ3v) is 9.31. The van der Waals surface area contributed by atoms with Crippen molar-refractivity contribution in [1.82, 2.24) is 34.9 Å². The molecule has 7 rings (SSSR count). The quantitative estimate of drug-likeness (QED) is 0.243. The maximum atomic E-state index is 13.6. The van der Waals surface area contributed by atoms with Crippen molar-refractivity contribution >= 4 is 34.1 Å². The van der Waals surface area contributed by atoms with Crippen LogP contribution in [0.15, 0.2) is 79.3 Å². The number of methoxy groups -OCH3 is 1. The van der Waals surface area contributed by atoms with E-state index in [1.54, 1.807) is 36.7 Å². The molecular weight excluding hydrogens is 651 g/mol. The van der Waals surface area contributed by atoms with Crippen molar-refractivity contribution in [2.45, 2.75) is 18.2 Å². The molecule has 12 nitrogen and oxygen atoms in total. The monoisotopic (exact) mass is 685 g/mol. The van der Waals surface area contributed by atoms with Crippen LogP contribution in [0.4, 0.5) is 24.5 Å². The summed E-state index contributed by atoms with van der Waals surface area (Å²) in [6.45, 7) is 3.47. The molecule has 2 aliphatic rings. The van der Waals surface area contributed by atoms with Crippen molar-refractivity contribution < 1.29 is 27.5 Å². The number of anilines is 2. The Kier molecular flexibility index (Phi) is 8.92. The Hall–Kier alpha value is -5.41. The molecule has 2 aromatic carbocycles. The Labute approximate surface area is 285 Å². The number of amides is 2. The van der Waals surface area contributed by atoms with Gasteiger partial charge in [0.05, 0.1) is 12.1 Å². The van der Waals surface area contributed by atoms with Gasteiger partial charge in [-0.15, -0.1) is 0 Å². The predicted molar refractivity (Wildman–Crippen MR) is 180 cm³/mol. The number of hydrogen-bond donors (Lipinski definition) is 2. The van der Waals surface area contributed by atoms with Gasteiger partial charge in [0.15, 0.2) is 11.4 Å². The van der Waals surface area contributed by atoms with Crippen molar-refractivity contribution in [2.24, 2.45) is 0 Å². The van der Waals surface area contributed by atoms with Crippen LogP contribution < -0.4 is 10.2 Å². The lowest BCUT2D eigenvalue weighted by atomic mass is 10.0. The number of nitrogens with one attached hydrogen (secondary N) is 2. The molecule has 0 aliphatic carbocycles. The van der Waals surface area contributed by atoms with Crippen molar-refractivity contribution in [3.8, 4) is 22.6 Å². The SMILES string of the molecule is CO[C@@]1(C(=O)Nc2ccc3[nH]nc(-c4ccnc(C(F)(F)F)c4)c3c2)CCN(CC(=O)N2CCN(c3ccc(-c4ncccn4)cc3)CC2)C1. The minimum Gasteiger partial charge on any atom is -0.368 e. The highest BCUT2D eigenvalue weighted by atomic mass is 19.4. The van der Waals surface area contributed by atoms with Crippen LogP contribution in [0.1, 0.15) is 12.1 Å². The second kappa shape index (κ2) is 13.5. The van der Waals surface area contributed by atoms with Crippen LogP contribution in [-0.4, -0.2) is 105 Å². The van der Waals surface area contributed by atoms with Crippen LogP contribution in [0.3, 0.4) is 0 Å². The second-order valence-corrected chi connectivity index (χ2v) is 12.4. The number of halogens is 3. The molecule has 15 heteroatoms. The van der Waals surface area contributed by atoms with Gasteiger partial charge in [-0.2, -0.15) is 18.3 Å². The van der Waals surface area contributed by atoms with Gasteiger partial charge < -0.3 is 19.9 Å². The van der Waals surface area contributed by atoms with E-state index in [0.717, 1.165) is 23.5 Å². The Bertz CT molecular complexity index is 2000. The molecule has 0 unspecified atom stereocenters. The van der Waals surface area contributed by atoms with Gasteiger partial charge in [-0.3, -0.25) is 24.6 Å². The molecule has 2 fully saturated rings. The Balaban J connectivity index is 0.951. The molecule has 1 atom stereocenters. The summed E-state index contributed by atoms with van der Waals surface area (Å²) in [4.78, 5) is 45.0. The third-order valence-electron chi connectivity index (χ3n) is 9.31. The number of alkyl halides is 3. The lowest BCUT2D eigenvalue weighted by Crippen LogP contribution is -2.52. The number of H-pyrrole nitrogens is 1. The summed E-state index contributed by atoms with van der Waals surface area (Å²) in [6, 6.07) is 17.3. The highest BCUT2D eigenvalue weighted by Crippen LogP contribution is 2.34. The van der Waals surface area contributed by atoms with Crippen molar-refractivity contribution in [2.75, 3.05) is 63.1 Å². The fourth-order valence-electron chi connectivity index (χ4n) is 6.50. The highest BCUT2D eigenvalue weighted by Gasteiger charge is 2.45. The number of carbonyl (C=O) groups excluding carboxylic acids is 2. The number of rotatable bonds is 8. The third kappa shape index (κ3) is 6.73. The molecule has 3 aromatic heterocycles. The molecule has 0 saturated carbocycles. The Morgan fingerprint density at radius 1 is 0.920 bits per heavy atom. The summed E-state index contributed by atoms with van der Waals surface area (Å²) in [6.07, 6.45) is 0.305. The molecule has 0 radical (unpaired) electrons. The number of likely N-dealkylation sites (tertiary alicyclic amines) is 1. The number of nitrogens with zero attached hydrogens (tertiary/aromatic N) is 7. The van der Waals surface area contributed by atoms with Gasteiger partial charge in [0, 0.05) is 92.9 Å². The van der Waals surface area contributed by atoms with Gasteiger partial charge >= 0.3 is 6.18 Å². The van der Waals surface area contributed by atoms with E-state index < -0.39 is 17.5 Å². The molecule has 50 heavy (non-hydrogen) atoms. The Morgan fingerprint density at radius 3 is 2.40 bits per heavy atom. The van der Waals surface area contributed by atoms with Crippen LogP contribution in [0, 0.1) is 0 Å². The fraction of sp³-hybridized carbons (Fsp3) is 0.314. The fourth-order valence-corrected chi connectivity index (χ4v) is 6.50. The predicted octanol–water partition coefficient (Wildman–Crippen LogP) is 4.48. The molecule has 0 bridgehead atoms. The van der Waals surface area contributed by atoms with Crippen LogP contribution in [-0.2, 0) is 20.5 Å². The van der Waals surface area contributed by atoms with Gasteiger partial charge in [0.2, 0.25) is 5.91 Å². The summed E-state index contributed by atoms with van der Waals surface area (Å²) in [5, 5.41) is 10.5. The van der Waals surface area contributed by atoms with Crippen molar-refractivity contribution in [3.63, 3.8) is 0 Å². The van der Waals surface area contributed by atoms with Crippen molar-refractivity contribution in [1.29, 1.82) is 0 Å². The maximum Gasteiger partial charge on any atom is 0.433 e. The highest BCUT2D eigenvalue weighted by molar-refractivity contribution is 6.01. The molecule has 258 valence electrons. The van der Waals surface area contributed by atoms with Gasteiger partial charge in [0.1, 0.15) is 11.4 Å². The minimum atomic E-state index is -4.60. The van der Waals surface area contributed by atoms with Crippen LogP contribution in [0.5, 0.6) is 0 Å². The average molecular weight is 686 g/mol. The molecule has 5 aromatic rings. The topological polar surface area (TPSA) is 132 Å². The summed E-state index contributed by atoms with van der Waals surface area (Å²) in [7, 11) is 1.47. The number of aromatic nitrogens is 5. The largest absolute Gasteiger partial charge is 0.433 e. The number of benzene rings is 2. The van der Waals surface area contributed by atoms with Gasteiger partial charge in [-0.05, 0) is 67.1 Å². The molecule has 2 saturated heterocycles. The first-order valence-corrected chi connectivity index (χ1v) is 16.1. The molecule has 5 heterocycles. The van der Waals surface area contributed by atoms with Crippen molar-refractivity contribution in [3.05, 3.63) is 84.9 Å². The molecule has 2 aliphatic heterocycles. The smallest absolute Gasteiger partial charge is 0.368 e. The van der Waals surface area contributed by atoms with Crippen LogP contribution >= 0.6 is 0 Å². The Morgan fingerprint density at radius 2 is 1.68 bits per heavy atom. The zero-order valence-corrected chi connectivity index (χ0v) is 27.2. The van der Waals surface area contributed by atoms with E-state index in [1.165, 1.54) is 13.2 Å². The van der Waals surface area contributed by atoms with E-state index in [2.05, 4.69) is 35.4 Å². The zero-order valence-electron chi connectivity index (χ0n) is 27.2. The number of ether oxygens (including phenoxy) is 1. The molecule has 2 N–H and O–H groups in total. The lowest BCUT2D eigenvalue weighted by molar-refractivity contribution is -0.141. The number of piperazine rings is 1. The molecule has 0 spiro atoms. The van der Waals surface area contributed by atoms with Gasteiger partial charge in [0.25, 0.3) is 5.91 Å². The minimum absolute atomic E-state index is 0.00346. The number of aromatic amines is 1. The second-order valence-electron chi connectivity index (χ2n) is 12.4. The summed E-state index contributed by atoms with van der Waals surface area (Å²) in [5.41, 5.74) is 1.36. The maximum absolute atomic E-state index is 13.6. The first kappa shape index (κ1) is 33.1. The van der Waals surface area contributed by atoms with E-state index >= 15 is 0 Å². The number of carbonyl (C=O) groups is 2. The van der Waals surface area contributed by atoms with Crippen LogP contribution in [0.2, 0.25) is 0 Å². The van der Waals surface area contributed by atoms with Crippen LogP contribution in [0.25, 0.3) is 33.5 Å². The number of pyridine rings is 1. The standard InChI is InChI=1S/C35H34F3N9O3/c1-50-34(33(49)42-25-5-8-28-27(20-25)31(44-43-28)24-9-13-39-29(19-24)35(36,37)38)10-14-45(22-34)21-30(48)47-17-15-46(16-18-47)26-6-3-23(4-7-26)32-40-11-2-12-41-32/h2-9,11-13,19-20H,10,14-18,21-22H2,1H3,(H,42,49)(H,43,44)/t34-/m0/s1. The normalized spacial score (nSPS) is 18.5. The van der Waals surface area contributed by atoms with E-state index in [-0.39, 0.29) is 30.5 Å². The van der Waals surface area contributed by atoms with E-state index in [0.29, 0.717) is 67.3 Å². The zero-order chi connectivity index (χ0) is 34.9.